The number of halogens is 1. The van der Waals surface area contributed by atoms with Crippen molar-refractivity contribution in [2.45, 2.75) is 59.4 Å². The Balaban J connectivity index is 0.000000543. The average molecular weight is 504 g/mol. The lowest BCUT2D eigenvalue weighted by atomic mass is 9.90. The Morgan fingerprint density at radius 1 is 1.22 bits per heavy atom. The predicted molar refractivity (Wildman–Crippen MR) is 143 cm³/mol. The number of pyridine rings is 1. The summed E-state index contributed by atoms with van der Waals surface area (Å²) in [6.07, 6.45) is 7.05. The maximum atomic E-state index is 13.4. The lowest BCUT2D eigenvalue weighted by molar-refractivity contribution is 0.0945. The fourth-order valence-corrected chi connectivity index (χ4v) is 3.67. The molecule has 36 heavy (non-hydrogen) atoms. The number of hydrogen-bond donors (Lipinski definition) is 4. The normalized spacial score (nSPS) is 13.5. The van der Waals surface area contributed by atoms with E-state index in [1.165, 1.54) is 64.5 Å². The van der Waals surface area contributed by atoms with E-state index in [-0.39, 0.29) is 23.8 Å². The molecule has 2 aromatic rings. The molecule has 7 N–H and O–H groups in total. The highest BCUT2D eigenvalue weighted by Gasteiger charge is 2.12. The molecule has 1 aliphatic rings. The number of ether oxygens (including phenoxy) is 1. The van der Waals surface area contributed by atoms with Crippen LogP contribution in [0.15, 0.2) is 35.4 Å². The van der Waals surface area contributed by atoms with E-state index in [2.05, 4.69) is 15.4 Å². The van der Waals surface area contributed by atoms with Crippen LogP contribution in [0.5, 0.6) is 5.75 Å². The number of nitrogens with two attached hydrogens (primary N) is 3. The molecule has 0 radical (unpaired) electrons. The summed E-state index contributed by atoms with van der Waals surface area (Å²) in [5, 5.41) is 7.71. The van der Waals surface area contributed by atoms with E-state index in [0.717, 1.165) is 17.6 Å². The van der Waals surface area contributed by atoms with Crippen LogP contribution in [0.3, 0.4) is 0 Å². The molecule has 0 bridgehead atoms. The maximum Gasteiger partial charge on any atom is 0.270 e. The molecule has 0 aliphatic heterocycles. The van der Waals surface area contributed by atoms with E-state index < -0.39 is 11.7 Å². The third-order valence-electron chi connectivity index (χ3n) is 5.47. The summed E-state index contributed by atoms with van der Waals surface area (Å²) >= 11 is 0. The largest absolute Gasteiger partial charge is 0.494 e. The molecule has 1 saturated carbocycles. The number of methoxy groups -OCH3 is 1. The summed E-state index contributed by atoms with van der Waals surface area (Å²) in [6.45, 7) is 6.85. The number of aromatic nitrogens is 1. The third kappa shape index (κ3) is 10.6. The highest BCUT2D eigenvalue weighted by atomic mass is 19.1. The Labute approximate surface area is 214 Å². The molecule has 0 unspecified atom stereocenters. The molecule has 0 saturated heterocycles. The standard InChI is InChI=1S/C17H21FN6O2.C7H15N.C2H6/c1-10-6-12(16(19)23-24(2)20)8-14(22-10)17(25)21-9-11-4-5-13(18)15(7-11)26-3;8-6-7-4-2-1-3-5-7;1-2/h4-8H,9,20H2,1-3H3,(H2,19,23)(H,21,25);7H,1-6,8H2;1-2H3. The van der Waals surface area contributed by atoms with E-state index in [9.17, 15) is 9.18 Å². The molecular weight excluding hydrogens is 461 g/mol. The lowest BCUT2D eigenvalue weighted by Crippen LogP contribution is -2.27. The highest BCUT2D eigenvalue weighted by molar-refractivity contribution is 6.00. The fourth-order valence-electron chi connectivity index (χ4n) is 3.67. The summed E-state index contributed by atoms with van der Waals surface area (Å²) in [7, 11) is 2.91. The van der Waals surface area contributed by atoms with Crippen LogP contribution in [0.25, 0.3) is 0 Å². The van der Waals surface area contributed by atoms with Gasteiger partial charge in [-0.3, -0.25) is 4.79 Å². The van der Waals surface area contributed by atoms with Crippen molar-refractivity contribution in [3.63, 3.8) is 0 Å². The first-order chi connectivity index (χ1) is 17.2. The van der Waals surface area contributed by atoms with Crippen molar-refractivity contribution in [3.05, 3.63) is 58.7 Å². The summed E-state index contributed by atoms with van der Waals surface area (Å²) < 4.78 is 18.4. The van der Waals surface area contributed by atoms with Crippen LogP contribution in [0.4, 0.5) is 4.39 Å². The minimum Gasteiger partial charge on any atom is -0.494 e. The fraction of sp³-hybridized carbons (Fsp3) is 0.500. The zero-order valence-corrected chi connectivity index (χ0v) is 22.2. The number of hydrazone groups is 1. The van der Waals surface area contributed by atoms with E-state index >= 15 is 0 Å². The second-order valence-corrected chi connectivity index (χ2v) is 8.33. The number of nitrogens with zero attached hydrogens (tertiary/aromatic N) is 3. The Morgan fingerprint density at radius 2 is 1.89 bits per heavy atom. The monoisotopic (exact) mass is 503 g/mol. The van der Waals surface area contributed by atoms with Crippen LogP contribution in [-0.4, -0.2) is 42.5 Å². The van der Waals surface area contributed by atoms with Gasteiger partial charge < -0.3 is 21.5 Å². The van der Waals surface area contributed by atoms with Gasteiger partial charge in [-0.05, 0) is 62.1 Å². The van der Waals surface area contributed by atoms with Crippen molar-refractivity contribution in [1.29, 1.82) is 0 Å². The van der Waals surface area contributed by atoms with E-state index in [4.69, 9.17) is 22.0 Å². The van der Waals surface area contributed by atoms with Gasteiger partial charge in [0.1, 0.15) is 5.69 Å². The van der Waals surface area contributed by atoms with Crippen molar-refractivity contribution >= 4 is 11.7 Å². The van der Waals surface area contributed by atoms with Crippen LogP contribution < -0.4 is 27.4 Å². The van der Waals surface area contributed by atoms with Crippen molar-refractivity contribution in [1.82, 2.24) is 15.4 Å². The van der Waals surface area contributed by atoms with Gasteiger partial charge in [-0.1, -0.05) is 39.2 Å². The van der Waals surface area contributed by atoms with Crippen LogP contribution in [0.2, 0.25) is 0 Å². The van der Waals surface area contributed by atoms with Crippen molar-refractivity contribution in [2.24, 2.45) is 28.3 Å². The molecule has 1 aromatic heterocycles. The minimum absolute atomic E-state index is 0.114. The maximum absolute atomic E-state index is 13.4. The molecule has 3 rings (SSSR count). The molecule has 200 valence electrons. The molecule has 10 heteroatoms. The molecule has 0 spiro atoms. The first-order valence-corrected chi connectivity index (χ1v) is 12.4. The van der Waals surface area contributed by atoms with Crippen molar-refractivity contribution < 1.29 is 13.9 Å². The number of rotatable bonds is 7. The zero-order valence-electron chi connectivity index (χ0n) is 22.2. The van der Waals surface area contributed by atoms with E-state index in [0.29, 0.717) is 16.8 Å². The second kappa shape index (κ2) is 16.4. The first kappa shape index (κ1) is 30.8. The van der Waals surface area contributed by atoms with Crippen molar-refractivity contribution in [2.75, 3.05) is 20.7 Å². The number of carbonyl (C=O) groups is 1. The Bertz CT molecular complexity index is 977. The quantitative estimate of drug-likeness (QED) is 0.196. The van der Waals surface area contributed by atoms with Crippen LogP contribution in [0, 0.1) is 18.7 Å². The number of hydrogen-bond acceptors (Lipinski definition) is 7. The number of hydrazine groups is 1. The van der Waals surface area contributed by atoms with Gasteiger partial charge in [-0.25, -0.2) is 20.3 Å². The summed E-state index contributed by atoms with van der Waals surface area (Å²) in [4.78, 5) is 16.6. The summed E-state index contributed by atoms with van der Waals surface area (Å²) in [5.41, 5.74) is 13.4. The number of carbonyl (C=O) groups excluding carboxylic acids is 1. The van der Waals surface area contributed by atoms with Gasteiger partial charge in [0.15, 0.2) is 17.4 Å². The Kier molecular flexibility index (Phi) is 14.1. The van der Waals surface area contributed by atoms with Gasteiger partial charge in [-0.15, -0.1) is 5.10 Å². The Morgan fingerprint density at radius 3 is 2.44 bits per heavy atom. The van der Waals surface area contributed by atoms with E-state index in [1.807, 2.05) is 13.8 Å². The Hall–Kier alpha value is -3.24. The SMILES string of the molecule is CC.COc1cc(CNC(=O)c2cc(/C(N)=N/N(C)N)cc(C)n2)ccc1F.NCC1CCCCC1. The topological polar surface area (TPSA) is 145 Å². The van der Waals surface area contributed by atoms with Gasteiger partial charge in [-0.2, -0.15) is 0 Å². The molecule has 1 fully saturated rings. The first-order valence-electron chi connectivity index (χ1n) is 12.4. The van der Waals surface area contributed by atoms with Gasteiger partial charge in [0.2, 0.25) is 0 Å². The second-order valence-electron chi connectivity index (χ2n) is 8.33. The number of amides is 1. The molecular formula is C26H42FN7O2. The minimum atomic E-state index is -0.466. The lowest BCUT2D eigenvalue weighted by Gasteiger charge is -2.18. The number of benzene rings is 1. The molecule has 9 nitrogen and oxygen atoms in total. The summed E-state index contributed by atoms with van der Waals surface area (Å²) in [6, 6.07) is 7.59. The molecule has 0 atom stereocenters. The molecule has 1 aromatic carbocycles. The van der Waals surface area contributed by atoms with Gasteiger partial charge in [0, 0.05) is 24.8 Å². The van der Waals surface area contributed by atoms with Crippen LogP contribution in [-0.2, 0) is 6.54 Å². The zero-order chi connectivity index (χ0) is 27.1. The van der Waals surface area contributed by atoms with Crippen molar-refractivity contribution in [3.8, 4) is 5.75 Å². The molecule has 1 heterocycles. The predicted octanol–water partition coefficient (Wildman–Crippen LogP) is 3.45. The summed E-state index contributed by atoms with van der Waals surface area (Å²) in [5.74, 6) is 5.73. The number of amidine groups is 1. The molecule has 1 aliphatic carbocycles. The van der Waals surface area contributed by atoms with Crippen LogP contribution >= 0.6 is 0 Å². The van der Waals surface area contributed by atoms with Gasteiger partial charge in [0.05, 0.1) is 7.11 Å². The molecule has 1 amide bonds. The van der Waals surface area contributed by atoms with Gasteiger partial charge in [0.25, 0.3) is 5.91 Å². The van der Waals surface area contributed by atoms with Gasteiger partial charge >= 0.3 is 0 Å². The number of nitrogens with one attached hydrogen (secondary N) is 1. The average Bonchev–Trinajstić information content (AvgIpc) is 2.89. The highest BCUT2D eigenvalue weighted by Crippen LogP contribution is 2.22. The number of aryl methyl sites for hydroxylation is 1. The smallest absolute Gasteiger partial charge is 0.270 e. The third-order valence-corrected chi connectivity index (χ3v) is 5.47. The van der Waals surface area contributed by atoms with E-state index in [1.54, 1.807) is 19.1 Å². The van der Waals surface area contributed by atoms with Crippen LogP contribution in [0.1, 0.15) is 73.3 Å².